The number of furan rings is 1. The van der Waals surface area contributed by atoms with E-state index in [1.54, 1.807) is 0 Å². The predicted octanol–water partition coefficient (Wildman–Crippen LogP) is 1.93. The first kappa shape index (κ1) is 9.74. The Balaban J connectivity index is 2.22. The highest BCUT2D eigenvalue weighted by Crippen LogP contribution is 2.39. The fraction of sp³-hybridized carbons (Fsp3) is 0.636. The molecule has 0 amide bonds. The van der Waals surface area contributed by atoms with Gasteiger partial charge in [0.2, 0.25) is 0 Å². The van der Waals surface area contributed by atoms with Crippen LogP contribution in [0.2, 0.25) is 0 Å². The van der Waals surface area contributed by atoms with Crippen molar-refractivity contribution >= 4 is 0 Å². The Labute approximate surface area is 84.2 Å². The lowest BCUT2D eigenvalue weighted by atomic mass is 9.80. The fourth-order valence-corrected chi connectivity index (χ4v) is 1.70. The Kier molecular flexibility index (Phi) is 2.16. The summed E-state index contributed by atoms with van der Waals surface area (Å²) in [7, 11) is 0. The average Bonchev–Trinajstić information content (AvgIpc) is 2.42. The summed E-state index contributed by atoms with van der Waals surface area (Å²) < 4.78 is 10.8. The largest absolute Gasteiger partial charge is 0.464 e. The van der Waals surface area contributed by atoms with Gasteiger partial charge in [0.25, 0.3) is 0 Å². The molecule has 0 spiro atoms. The van der Waals surface area contributed by atoms with Gasteiger partial charge in [0.05, 0.1) is 19.3 Å². The van der Waals surface area contributed by atoms with Gasteiger partial charge in [-0.05, 0) is 25.5 Å². The highest BCUT2D eigenvalue weighted by Gasteiger charge is 2.41. The van der Waals surface area contributed by atoms with Crippen LogP contribution in [0, 0.1) is 19.3 Å². The van der Waals surface area contributed by atoms with Gasteiger partial charge < -0.3 is 14.9 Å². The van der Waals surface area contributed by atoms with Gasteiger partial charge in [0.15, 0.2) is 0 Å². The van der Waals surface area contributed by atoms with E-state index >= 15 is 0 Å². The maximum Gasteiger partial charge on any atom is 0.121 e. The molecule has 2 heterocycles. The molecule has 0 aromatic carbocycles. The lowest BCUT2D eigenvalue weighted by Crippen LogP contribution is -2.47. The van der Waals surface area contributed by atoms with E-state index in [2.05, 4.69) is 6.92 Å². The molecule has 14 heavy (non-hydrogen) atoms. The molecular weight excluding hydrogens is 178 g/mol. The van der Waals surface area contributed by atoms with Gasteiger partial charge in [0, 0.05) is 5.41 Å². The van der Waals surface area contributed by atoms with Crippen LogP contribution in [0.1, 0.15) is 30.0 Å². The number of hydrogen-bond acceptors (Lipinski definition) is 3. The molecule has 1 aromatic heterocycles. The zero-order valence-corrected chi connectivity index (χ0v) is 8.96. The zero-order chi connectivity index (χ0) is 10.3. The Hall–Kier alpha value is -0.800. The summed E-state index contributed by atoms with van der Waals surface area (Å²) in [4.78, 5) is 0. The van der Waals surface area contributed by atoms with Crippen molar-refractivity contribution in [1.82, 2.24) is 0 Å². The first-order chi connectivity index (χ1) is 6.53. The van der Waals surface area contributed by atoms with Crippen LogP contribution in [0.4, 0.5) is 0 Å². The third-order valence-electron chi connectivity index (χ3n) is 3.11. The van der Waals surface area contributed by atoms with E-state index in [-0.39, 0.29) is 11.5 Å². The number of rotatable bonds is 2. The van der Waals surface area contributed by atoms with E-state index in [0.29, 0.717) is 0 Å². The van der Waals surface area contributed by atoms with Crippen molar-refractivity contribution in [1.29, 1.82) is 0 Å². The van der Waals surface area contributed by atoms with Gasteiger partial charge in [-0.25, -0.2) is 0 Å². The Morgan fingerprint density at radius 3 is 2.43 bits per heavy atom. The van der Waals surface area contributed by atoms with Crippen molar-refractivity contribution in [2.24, 2.45) is 11.1 Å². The molecule has 0 aliphatic carbocycles. The van der Waals surface area contributed by atoms with E-state index in [1.807, 2.05) is 19.9 Å². The van der Waals surface area contributed by atoms with Gasteiger partial charge in [-0.2, -0.15) is 0 Å². The molecule has 78 valence electrons. The van der Waals surface area contributed by atoms with Crippen molar-refractivity contribution in [2.45, 2.75) is 26.8 Å². The van der Waals surface area contributed by atoms with E-state index in [9.17, 15) is 0 Å². The predicted molar refractivity (Wildman–Crippen MR) is 54.0 cm³/mol. The maximum atomic E-state index is 6.14. The Morgan fingerprint density at radius 2 is 2.07 bits per heavy atom. The summed E-state index contributed by atoms with van der Waals surface area (Å²) in [5, 5.41) is 0. The summed E-state index contributed by atoms with van der Waals surface area (Å²) in [5.41, 5.74) is 7.36. The quantitative estimate of drug-likeness (QED) is 0.784. The minimum Gasteiger partial charge on any atom is -0.464 e. The van der Waals surface area contributed by atoms with Crippen LogP contribution in [0.5, 0.6) is 0 Å². The molecule has 2 N–H and O–H groups in total. The highest BCUT2D eigenvalue weighted by atomic mass is 16.5. The van der Waals surface area contributed by atoms with E-state index in [1.165, 1.54) is 5.56 Å². The first-order valence-corrected chi connectivity index (χ1v) is 4.93. The molecule has 1 aliphatic heterocycles. The summed E-state index contributed by atoms with van der Waals surface area (Å²) in [6.07, 6.45) is 0. The van der Waals surface area contributed by atoms with E-state index < -0.39 is 0 Å². The van der Waals surface area contributed by atoms with Crippen LogP contribution < -0.4 is 5.73 Å². The zero-order valence-electron chi connectivity index (χ0n) is 8.96. The van der Waals surface area contributed by atoms with Gasteiger partial charge in [-0.3, -0.25) is 0 Å². The second-order valence-electron chi connectivity index (χ2n) is 4.51. The molecule has 1 atom stereocenters. The van der Waals surface area contributed by atoms with Crippen LogP contribution in [0.25, 0.3) is 0 Å². The summed E-state index contributed by atoms with van der Waals surface area (Å²) in [6.45, 7) is 7.59. The first-order valence-electron chi connectivity index (χ1n) is 4.93. The third-order valence-corrected chi connectivity index (χ3v) is 3.11. The number of hydrogen-bond donors (Lipinski definition) is 1. The van der Waals surface area contributed by atoms with E-state index in [0.717, 1.165) is 24.7 Å². The maximum absolute atomic E-state index is 6.14. The van der Waals surface area contributed by atoms with Gasteiger partial charge in [0.1, 0.15) is 11.5 Å². The Morgan fingerprint density at radius 1 is 1.43 bits per heavy atom. The van der Waals surface area contributed by atoms with Crippen molar-refractivity contribution in [3.05, 3.63) is 23.2 Å². The minimum absolute atomic E-state index is 0.0522. The number of aryl methyl sites for hydroxylation is 2. The van der Waals surface area contributed by atoms with E-state index in [4.69, 9.17) is 14.9 Å². The smallest absolute Gasteiger partial charge is 0.121 e. The lowest BCUT2D eigenvalue weighted by Gasteiger charge is -2.41. The Bertz CT molecular complexity index is 320. The molecule has 0 saturated carbocycles. The van der Waals surface area contributed by atoms with Crippen LogP contribution in [-0.4, -0.2) is 13.2 Å². The molecular formula is C11H17NO2. The van der Waals surface area contributed by atoms with Gasteiger partial charge in [-0.15, -0.1) is 0 Å². The molecule has 1 aromatic rings. The second kappa shape index (κ2) is 3.11. The van der Waals surface area contributed by atoms with Crippen molar-refractivity contribution in [3.63, 3.8) is 0 Å². The van der Waals surface area contributed by atoms with Gasteiger partial charge in [-0.1, -0.05) is 6.92 Å². The van der Waals surface area contributed by atoms with Gasteiger partial charge >= 0.3 is 0 Å². The standard InChI is InChI=1S/C11H17NO2/c1-7-4-9(14-8(7)2)10(12)11(3)5-13-6-11/h4,10H,5-6,12H2,1-3H3. The molecule has 0 bridgehead atoms. The molecule has 3 nitrogen and oxygen atoms in total. The van der Waals surface area contributed by atoms with Crippen LogP contribution in [-0.2, 0) is 4.74 Å². The monoisotopic (exact) mass is 195 g/mol. The number of nitrogens with two attached hydrogens (primary N) is 1. The third kappa shape index (κ3) is 1.37. The average molecular weight is 195 g/mol. The lowest BCUT2D eigenvalue weighted by molar-refractivity contribution is -0.118. The van der Waals surface area contributed by atoms with Crippen molar-refractivity contribution < 1.29 is 9.15 Å². The van der Waals surface area contributed by atoms with Crippen LogP contribution >= 0.6 is 0 Å². The normalized spacial score (nSPS) is 21.7. The fourth-order valence-electron chi connectivity index (χ4n) is 1.70. The molecule has 0 radical (unpaired) electrons. The highest BCUT2D eigenvalue weighted by molar-refractivity contribution is 5.22. The molecule has 1 aliphatic rings. The molecule has 1 saturated heterocycles. The van der Waals surface area contributed by atoms with Crippen molar-refractivity contribution in [3.8, 4) is 0 Å². The SMILES string of the molecule is Cc1cc(C(N)C2(C)COC2)oc1C. The van der Waals surface area contributed by atoms with Crippen molar-refractivity contribution in [2.75, 3.05) is 13.2 Å². The summed E-state index contributed by atoms with van der Waals surface area (Å²) >= 11 is 0. The summed E-state index contributed by atoms with van der Waals surface area (Å²) in [5.74, 6) is 1.84. The minimum atomic E-state index is -0.0522. The number of ether oxygens (including phenoxy) is 1. The molecule has 1 fully saturated rings. The summed E-state index contributed by atoms with van der Waals surface area (Å²) in [6, 6.07) is 1.98. The topological polar surface area (TPSA) is 48.4 Å². The molecule has 2 rings (SSSR count). The molecule has 1 unspecified atom stereocenters. The molecule has 3 heteroatoms. The van der Waals surface area contributed by atoms with Crippen LogP contribution in [0.3, 0.4) is 0 Å². The second-order valence-corrected chi connectivity index (χ2v) is 4.51. The van der Waals surface area contributed by atoms with Crippen LogP contribution in [0.15, 0.2) is 10.5 Å².